The van der Waals surface area contributed by atoms with Crippen LogP contribution < -0.4 is 10.2 Å². The highest BCUT2D eigenvalue weighted by Crippen LogP contribution is 2.27. The molecule has 0 saturated heterocycles. The number of hydrogen-bond donors (Lipinski definition) is 1. The molecule has 0 aliphatic carbocycles. The number of halogens is 1. The van der Waals surface area contributed by atoms with E-state index in [0.717, 1.165) is 6.54 Å². The van der Waals surface area contributed by atoms with E-state index in [1.54, 1.807) is 16.2 Å². The maximum Gasteiger partial charge on any atom is 0.230 e. The molecule has 0 fully saturated rings. The molecule has 0 radical (unpaired) electrons. The fourth-order valence-electron chi connectivity index (χ4n) is 1.67. The Hall–Kier alpha value is -1.40. The third-order valence-electron chi connectivity index (χ3n) is 2.87. The van der Waals surface area contributed by atoms with Crippen molar-refractivity contribution >= 4 is 34.8 Å². The Morgan fingerprint density at radius 3 is 2.65 bits per heavy atom. The van der Waals surface area contributed by atoms with Crippen molar-refractivity contribution in [3.05, 3.63) is 27.7 Å². The molecule has 0 saturated carbocycles. The van der Waals surface area contributed by atoms with Crippen molar-refractivity contribution in [3.8, 4) is 0 Å². The van der Waals surface area contributed by atoms with Crippen molar-refractivity contribution in [2.24, 2.45) is 0 Å². The molecular weight excluding hydrogens is 294 g/mol. The van der Waals surface area contributed by atoms with Crippen LogP contribution in [-0.4, -0.2) is 35.6 Å². The first kappa shape index (κ1) is 15.0. The molecular formula is C13H18ClN5S. The molecule has 20 heavy (non-hydrogen) atoms. The highest BCUT2D eigenvalue weighted by molar-refractivity contribution is 7.10. The van der Waals surface area contributed by atoms with E-state index in [-0.39, 0.29) is 10.7 Å². The Balaban J connectivity index is 2.11. The molecule has 0 atom stereocenters. The van der Waals surface area contributed by atoms with E-state index in [1.165, 1.54) is 4.88 Å². The second-order valence-electron chi connectivity index (χ2n) is 5.34. The van der Waals surface area contributed by atoms with Gasteiger partial charge in [0.2, 0.25) is 17.2 Å². The molecule has 7 heteroatoms. The summed E-state index contributed by atoms with van der Waals surface area (Å²) in [5.74, 6) is 1.04. The molecule has 2 aromatic rings. The monoisotopic (exact) mass is 311 g/mol. The van der Waals surface area contributed by atoms with Gasteiger partial charge in [-0.3, -0.25) is 0 Å². The number of nitrogens with zero attached hydrogens (tertiary/aromatic N) is 4. The zero-order valence-electron chi connectivity index (χ0n) is 12.0. The van der Waals surface area contributed by atoms with Gasteiger partial charge in [-0.25, -0.2) is 0 Å². The summed E-state index contributed by atoms with van der Waals surface area (Å²) in [4.78, 5) is 15.6. The van der Waals surface area contributed by atoms with E-state index in [0.29, 0.717) is 11.9 Å². The maximum absolute atomic E-state index is 5.92. The zero-order valence-corrected chi connectivity index (χ0v) is 13.6. The van der Waals surface area contributed by atoms with Crippen molar-refractivity contribution in [3.63, 3.8) is 0 Å². The van der Waals surface area contributed by atoms with Gasteiger partial charge in [-0.15, -0.1) is 11.3 Å². The summed E-state index contributed by atoms with van der Waals surface area (Å²) in [6.45, 7) is 5.09. The van der Waals surface area contributed by atoms with Crippen molar-refractivity contribution in [1.29, 1.82) is 0 Å². The van der Waals surface area contributed by atoms with Crippen LogP contribution in [0.4, 0.5) is 11.9 Å². The third-order valence-corrected chi connectivity index (χ3v) is 4.28. The number of thiophene rings is 1. The van der Waals surface area contributed by atoms with Crippen LogP contribution in [0.1, 0.15) is 18.7 Å². The van der Waals surface area contributed by atoms with Gasteiger partial charge in [0.25, 0.3) is 0 Å². The molecule has 0 aliphatic heterocycles. The lowest BCUT2D eigenvalue weighted by Gasteiger charge is -2.23. The van der Waals surface area contributed by atoms with E-state index < -0.39 is 0 Å². The van der Waals surface area contributed by atoms with E-state index >= 15 is 0 Å². The van der Waals surface area contributed by atoms with Crippen LogP contribution in [0.15, 0.2) is 17.5 Å². The Labute approximate surface area is 128 Å². The number of hydrogen-bond acceptors (Lipinski definition) is 6. The van der Waals surface area contributed by atoms with Crippen LogP contribution >= 0.6 is 22.9 Å². The van der Waals surface area contributed by atoms with Gasteiger partial charge in [-0.05, 0) is 23.0 Å². The van der Waals surface area contributed by atoms with Crippen molar-refractivity contribution in [2.75, 3.05) is 30.9 Å². The van der Waals surface area contributed by atoms with Gasteiger partial charge in [-0.1, -0.05) is 19.9 Å². The number of rotatable bonds is 5. The lowest BCUT2D eigenvalue weighted by atomic mass is 9.91. The fourth-order valence-corrected chi connectivity index (χ4v) is 2.68. The zero-order chi connectivity index (χ0) is 14.8. The minimum absolute atomic E-state index is 0.00551. The molecule has 0 bridgehead atoms. The Morgan fingerprint density at radius 1 is 1.30 bits per heavy atom. The molecule has 5 nitrogen and oxygen atoms in total. The number of anilines is 2. The lowest BCUT2D eigenvalue weighted by Crippen LogP contribution is -2.27. The van der Waals surface area contributed by atoms with Crippen molar-refractivity contribution in [1.82, 2.24) is 15.0 Å². The predicted molar refractivity (Wildman–Crippen MR) is 85.0 cm³/mol. The van der Waals surface area contributed by atoms with Gasteiger partial charge in [0.15, 0.2) is 0 Å². The summed E-state index contributed by atoms with van der Waals surface area (Å²) < 4.78 is 0. The first-order valence-corrected chi connectivity index (χ1v) is 7.51. The minimum Gasteiger partial charge on any atom is -0.353 e. The SMILES string of the molecule is CN(C)c1nc(Cl)nc(NCC(C)(C)c2cccs2)n1. The minimum atomic E-state index is 0.00551. The number of nitrogens with one attached hydrogen (secondary N) is 1. The fraction of sp³-hybridized carbons (Fsp3) is 0.462. The molecule has 0 unspecified atom stereocenters. The van der Waals surface area contributed by atoms with Crippen LogP contribution in [-0.2, 0) is 5.41 Å². The van der Waals surface area contributed by atoms with E-state index in [4.69, 9.17) is 11.6 Å². The van der Waals surface area contributed by atoms with Crippen LogP contribution in [0.3, 0.4) is 0 Å². The van der Waals surface area contributed by atoms with Gasteiger partial charge >= 0.3 is 0 Å². The summed E-state index contributed by atoms with van der Waals surface area (Å²) >= 11 is 7.67. The van der Waals surface area contributed by atoms with E-state index in [1.807, 2.05) is 14.1 Å². The first-order valence-electron chi connectivity index (χ1n) is 6.25. The molecule has 0 aliphatic rings. The normalized spacial score (nSPS) is 11.4. The lowest BCUT2D eigenvalue weighted by molar-refractivity contribution is 0.567. The predicted octanol–water partition coefficient (Wildman–Crippen LogP) is 3.04. The van der Waals surface area contributed by atoms with E-state index in [9.17, 15) is 0 Å². The summed E-state index contributed by atoms with van der Waals surface area (Å²) in [5, 5.41) is 5.52. The molecule has 2 rings (SSSR count). The van der Waals surface area contributed by atoms with Crippen molar-refractivity contribution < 1.29 is 0 Å². The standard InChI is InChI=1S/C13H18ClN5S/c1-13(2,9-6-5-7-20-9)8-15-11-16-10(14)17-12(18-11)19(3)4/h5-7H,8H2,1-4H3,(H,15,16,17,18). The summed E-state index contributed by atoms with van der Waals surface area (Å²) in [6, 6.07) is 4.20. The van der Waals surface area contributed by atoms with Gasteiger partial charge in [0.05, 0.1) is 0 Å². The van der Waals surface area contributed by atoms with Gasteiger partial charge in [0, 0.05) is 30.9 Å². The highest BCUT2D eigenvalue weighted by atomic mass is 35.5. The van der Waals surface area contributed by atoms with Crippen LogP contribution in [0.2, 0.25) is 5.28 Å². The molecule has 2 aromatic heterocycles. The van der Waals surface area contributed by atoms with Gasteiger partial charge in [0.1, 0.15) is 0 Å². The summed E-state index contributed by atoms with van der Waals surface area (Å²) in [6.07, 6.45) is 0. The second-order valence-corrected chi connectivity index (χ2v) is 6.62. The van der Waals surface area contributed by atoms with Crippen LogP contribution in [0, 0.1) is 0 Å². The number of aromatic nitrogens is 3. The maximum atomic E-state index is 5.92. The Morgan fingerprint density at radius 2 is 2.05 bits per heavy atom. The van der Waals surface area contributed by atoms with Gasteiger partial charge < -0.3 is 10.2 Å². The van der Waals surface area contributed by atoms with E-state index in [2.05, 4.69) is 51.6 Å². The summed E-state index contributed by atoms with van der Waals surface area (Å²) in [7, 11) is 3.73. The Kier molecular flexibility index (Phi) is 4.45. The molecule has 0 amide bonds. The smallest absolute Gasteiger partial charge is 0.230 e. The average molecular weight is 312 g/mol. The van der Waals surface area contributed by atoms with Crippen molar-refractivity contribution in [2.45, 2.75) is 19.3 Å². The third kappa shape index (κ3) is 3.58. The quantitative estimate of drug-likeness (QED) is 0.920. The van der Waals surface area contributed by atoms with Crippen LogP contribution in [0.25, 0.3) is 0 Å². The topological polar surface area (TPSA) is 53.9 Å². The largest absolute Gasteiger partial charge is 0.353 e. The molecule has 0 spiro atoms. The molecule has 2 heterocycles. The molecule has 108 valence electrons. The van der Waals surface area contributed by atoms with Crippen LogP contribution in [0.5, 0.6) is 0 Å². The highest BCUT2D eigenvalue weighted by Gasteiger charge is 2.22. The molecule has 1 N–H and O–H groups in total. The Bertz CT molecular complexity index is 568. The van der Waals surface area contributed by atoms with Gasteiger partial charge in [-0.2, -0.15) is 15.0 Å². The molecule has 0 aromatic carbocycles. The first-order chi connectivity index (χ1) is 9.38. The average Bonchev–Trinajstić information content (AvgIpc) is 2.90. The second kappa shape index (κ2) is 5.93. The summed E-state index contributed by atoms with van der Waals surface area (Å²) in [5.41, 5.74) is 0.00551.